The molecule has 0 saturated heterocycles. The van der Waals surface area contributed by atoms with Gasteiger partial charge in [0.1, 0.15) is 6.17 Å². The molecule has 0 bridgehead atoms. The third kappa shape index (κ3) is 4.70. The Morgan fingerprint density at radius 1 is 1.23 bits per heavy atom. The van der Waals surface area contributed by atoms with Gasteiger partial charge in [-0.05, 0) is 101 Å². The highest BCUT2D eigenvalue weighted by atomic mass is 32.1. The molecule has 1 nitrogen and oxygen atoms in total. The van der Waals surface area contributed by atoms with Crippen molar-refractivity contribution in [2.75, 3.05) is 0 Å². The first-order valence-corrected chi connectivity index (χ1v) is 11.7. The molecule has 0 aliphatic heterocycles. The van der Waals surface area contributed by atoms with Crippen LogP contribution in [0.4, 0.5) is 4.39 Å². The van der Waals surface area contributed by atoms with Crippen molar-refractivity contribution in [3.63, 3.8) is 0 Å². The number of hydrogen-bond donors (Lipinski definition) is 1. The van der Waals surface area contributed by atoms with Crippen molar-refractivity contribution in [3.05, 3.63) is 21.9 Å². The number of aliphatic hydroxyl groups excluding tert-OH is 1. The van der Waals surface area contributed by atoms with Gasteiger partial charge in [0.25, 0.3) is 0 Å². The quantitative estimate of drug-likeness (QED) is 0.470. The summed E-state index contributed by atoms with van der Waals surface area (Å²) in [5.41, 5.74) is 0.197. The second-order valence-electron chi connectivity index (χ2n) is 8.94. The number of aryl methyl sites for hydroxylation is 2. The molecule has 148 valence electrons. The molecule has 4 atom stereocenters. The number of thiophene rings is 1. The molecule has 2 aliphatic carbocycles. The molecule has 1 unspecified atom stereocenters. The molecule has 26 heavy (non-hydrogen) atoms. The van der Waals surface area contributed by atoms with Crippen LogP contribution in [0.2, 0.25) is 0 Å². The van der Waals surface area contributed by atoms with Crippen LogP contribution < -0.4 is 0 Å². The monoisotopic (exact) mass is 380 g/mol. The van der Waals surface area contributed by atoms with Crippen molar-refractivity contribution in [2.45, 2.75) is 103 Å². The molecule has 1 N–H and O–H groups in total. The van der Waals surface area contributed by atoms with Crippen molar-refractivity contribution in [2.24, 2.45) is 17.3 Å². The Morgan fingerprint density at radius 2 is 2.04 bits per heavy atom. The minimum Gasteiger partial charge on any atom is -0.393 e. The number of hydrogen-bond acceptors (Lipinski definition) is 2. The molecular formula is C23H37FOS. The Labute approximate surface area is 163 Å². The highest BCUT2D eigenvalue weighted by molar-refractivity contribution is 7.11. The zero-order valence-corrected chi connectivity index (χ0v) is 17.5. The minimum absolute atomic E-state index is 0.166. The van der Waals surface area contributed by atoms with E-state index in [4.69, 9.17) is 0 Å². The van der Waals surface area contributed by atoms with Gasteiger partial charge < -0.3 is 5.11 Å². The number of rotatable bonds is 10. The van der Waals surface area contributed by atoms with E-state index >= 15 is 0 Å². The lowest BCUT2D eigenvalue weighted by Crippen LogP contribution is -2.40. The zero-order valence-electron chi connectivity index (χ0n) is 16.7. The van der Waals surface area contributed by atoms with Gasteiger partial charge in [0, 0.05) is 9.75 Å². The molecule has 1 aromatic rings. The average molecular weight is 381 g/mol. The smallest absolute Gasteiger partial charge is 0.103 e. The summed E-state index contributed by atoms with van der Waals surface area (Å²) >= 11 is 1.90. The lowest BCUT2D eigenvalue weighted by molar-refractivity contribution is -0.0440. The van der Waals surface area contributed by atoms with E-state index in [1.54, 1.807) is 0 Å². The summed E-state index contributed by atoms with van der Waals surface area (Å²) in [6.45, 7) is 4.37. The molecular weight excluding hydrogens is 343 g/mol. The predicted molar refractivity (Wildman–Crippen MR) is 110 cm³/mol. The lowest BCUT2D eigenvalue weighted by Gasteiger charge is -2.45. The summed E-state index contributed by atoms with van der Waals surface area (Å²) in [4.78, 5) is 2.86. The standard InChI is InChI=1S/C23H37FOS/c1-3-23(15-6-16-23)22(25)10-5-9-20-18(12-14-21(20)24)7-4-8-19-13-11-17(2)26-19/h11,13,18,20-22,25H,3-10,12,14-16H2,1-2H3/t18-,20+,21+,22?/m0/s1. The molecule has 2 saturated carbocycles. The maximum absolute atomic E-state index is 14.4. The van der Waals surface area contributed by atoms with E-state index in [1.807, 2.05) is 11.3 Å². The molecule has 0 spiro atoms. The van der Waals surface area contributed by atoms with Crippen LogP contribution in [0.1, 0.15) is 87.3 Å². The molecule has 1 aromatic heterocycles. The summed E-state index contributed by atoms with van der Waals surface area (Å²) < 4.78 is 14.4. The maximum atomic E-state index is 14.4. The maximum Gasteiger partial charge on any atom is 0.103 e. The van der Waals surface area contributed by atoms with Crippen molar-refractivity contribution in [3.8, 4) is 0 Å². The van der Waals surface area contributed by atoms with E-state index in [9.17, 15) is 9.50 Å². The molecule has 3 rings (SSSR count). The molecule has 0 aromatic carbocycles. The van der Waals surface area contributed by atoms with E-state index in [1.165, 1.54) is 41.9 Å². The van der Waals surface area contributed by atoms with Gasteiger partial charge >= 0.3 is 0 Å². The van der Waals surface area contributed by atoms with Gasteiger partial charge in [-0.1, -0.05) is 19.8 Å². The van der Waals surface area contributed by atoms with Gasteiger partial charge in [0.2, 0.25) is 0 Å². The number of aliphatic hydroxyl groups is 1. The van der Waals surface area contributed by atoms with Crippen molar-refractivity contribution < 1.29 is 9.50 Å². The predicted octanol–water partition coefficient (Wildman–Crippen LogP) is 6.86. The zero-order chi connectivity index (χ0) is 18.6. The van der Waals surface area contributed by atoms with Gasteiger partial charge in [-0.2, -0.15) is 0 Å². The van der Waals surface area contributed by atoms with Crippen LogP contribution >= 0.6 is 11.3 Å². The van der Waals surface area contributed by atoms with Crippen molar-refractivity contribution in [1.82, 2.24) is 0 Å². The van der Waals surface area contributed by atoms with Crippen LogP contribution in [0.5, 0.6) is 0 Å². The van der Waals surface area contributed by atoms with Crippen molar-refractivity contribution >= 4 is 11.3 Å². The highest BCUT2D eigenvalue weighted by Crippen LogP contribution is 2.48. The fourth-order valence-electron chi connectivity index (χ4n) is 5.44. The SMILES string of the molecule is CCC1(C(O)CCC[C@@H]2[C@@H](CCCc3ccc(C)s3)CC[C@H]2F)CCC1. The molecule has 2 fully saturated rings. The van der Waals surface area contributed by atoms with E-state index in [2.05, 4.69) is 26.0 Å². The normalized spacial score (nSPS) is 28.8. The van der Waals surface area contributed by atoms with Crippen LogP contribution in [-0.2, 0) is 6.42 Å². The summed E-state index contributed by atoms with van der Waals surface area (Å²) in [5, 5.41) is 10.6. The van der Waals surface area contributed by atoms with Crippen LogP contribution in [0.25, 0.3) is 0 Å². The Bertz CT molecular complexity index is 545. The van der Waals surface area contributed by atoms with Gasteiger partial charge in [-0.15, -0.1) is 11.3 Å². The molecule has 2 aliphatic rings. The molecule has 0 radical (unpaired) electrons. The summed E-state index contributed by atoms with van der Waals surface area (Å²) in [5.74, 6) is 0.804. The Morgan fingerprint density at radius 3 is 2.65 bits per heavy atom. The minimum atomic E-state index is -0.607. The second-order valence-corrected chi connectivity index (χ2v) is 10.3. The van der Waals surface area contributed by atoms with Crippen LogP contribution in [0.15, 0.2) is 12.1 Å². The van der Waals surface area contributed by atoms with Gasteiger partial charge in [-0.3, -0.25) is 0 Å². The van der Waals surface area contributed by atoms with Gasteiger partial charge in [0.05, 0.1) is 6.10 Å². The van der Waals surface area contributed by atoms with Crippen molar-refractivity contribution in [1.29, 1.82) is 0 Å². The third-order valence-electron chi connectivity index (χ3n) is 7.45. The molecule has 3 heteroatoms. The third-order valence-corrected chi connectivity index (χ3v) is 8.51. The molecule has 0 amide bonds. The topological polar surface area (TPSA) is 20.2 Å². The summed E-state index contributed by atoms with van der Waals surface area (Å²) in [6, 6.07) is 4.45. The van der Waals surface area contributed by atoms with Crippen LogP contribution in [-0.4, -0.2) is 17.4 Å². The summed E-state index contributed by atoms with van der Waals surface area (Å²) in [6.07, 6.45) is 12.1. The first kappa shape index (κ1) is 20.3. The number of halogens is 1. The van der Waals surface area contributed by atoms with E-state index < -0.39 is 6.17 Å². The van der Waals surface area contributed by atoms with Gasteiger partial charge in [-0.25, -0.2) is 4.39 Å². The fraction of sp³-hybridized carbons (Fsp3) is 0.826. The highest BCUT2D eigenvalue weighted by Gasteiger charge is 2.41. The second kappa shape index (κ2) is 9.19. The van der Waals surface area contributed by atoms with Crippen LogP contribution in [0.3, 0.4) is 0 Å². The van der Waals surface area contributed by atoms with E-state index in [0.717, 1.165) is 44.9 Å². The lowest BCUT2D eigenvalue weighted by atomic mass is 9.62. The van der Waals surface area contributed by atoms with E-state index in [-0.39, 0.29) is 17.4 Å². The Balaban J connectivity index is 1.40. The first-order chi connectivity index (χ1) is 12.5. The average Bonchev–Trinajstić information content (AvgIpc) is 3.14. The number of alkyl halides is 1. The van der Waals surface area contributed by atoms with E-state index in [0.29, 0.717) is 5.92 Å². The van der Waals surface area contributed by atoms with Crippen LogP contribution in [0, 0.1) is 24.2 Å². The summed E-state index contributed by atoms with van der Waals surface area (Å²) in [7, 11) is 0. The van der Waals surface area contributed by atoms with Gasteiger partial charge in [0.15, 0.2) is 0 Å². The largest absolute Gasteiger partial charge is 0.393 e. The molecule has 1 heterocycles. The Hall–Kier alpha value is -0.410. The Kier molecular flexibility index (Phi) is 7.18. The fourth-order valence-corrected chi connectivity index (χ4v) is 6.37. The first-order valence-electron chi connectivity index (χ1n) is 10.9.